The van der Waals surface area contributed by atoms with E-state index in [2.05, 4.69) is 17.2 Å². The smallest absolute Gasteiger partial charge is 0.329 e. The highest BCUT2D eigenvalue weighted by molar-refractivity contribution is 5.93. The Balaban J connectivity index is 1.61. The van der Waals surface area contributed by atoms with E-state index >= 15 is 0 Å². The van der Waals surface area contributed by atoms with E-state index in [-0.39, 0.29) is 30.3 Å². The van der Waals surface area contributed by atoms with Crippen LogP contribution in [0.4, 0.5) is 5.82 Å². The molecule has 27 heavy (non-hydrogen) atoms. The third-order valence-electron chi connectivity index (χ3n) is 5.36. The second kappa shape index (κ2) is 7.94. The molecular weight excluding hydrogens is 346 g/mol. The molecule has 0 aromatic carbocycles. The van der Waals surface area contributed by atoms with Crippen molar-refractivity contribution in [2.24, 2.45) is 14.1 Å². The SMILES string of the molecule is CCC1CCCCN1C(=O)CCC(=O)Nc1ccc2c(n1)n(C)c(=O)n2C. The molecule has 2 aromatic heterocycles. The van der Waals surface area contributed by atoms with Crippen LogP contribution in [-0.2, 0) is 23.7 Å². The molecule has 2 amide bonds. The molecule has 0 bridgehead atoms. The number of fused-ring (bicyclic) bond motifs is 1. The van der Waals surface area contributed by atoms with E-state index in [0.717, 1.165) is 25.8 Å². The molecule has 1 aliphatic rings. The van der Waals surface area contributed by atoms with E-state index in [1.54, 1.807) is 26.2 Å². The standard InChI is InChI=1S/C19H27N5O3/c1-4-13-7-5-6-12-24(13)17(26)11-10-16(25)20-15-9-8-14-18(21-15)23(3)19(27)22(14)2/h8-9,13H,4-7,10-12H2,1-3H3,(H,20,21,25). The lowest BCUT2D eigenvalue weighted by molar-refractivity contribution is -0.136. The number of aromatic nitrogens is 3. The van der Waals surface area contributed by atoms with E-state index in [4.69, 9.17) is 0 Å². The maximum absolute atomic E-state index is 12.5. The second-order valence-corrected chi connectivity index (χ2v) is 7.13. The van der Waals surface area contributed by atoms with E-state index in [0.29, 0.717) is 23.0 Å². The zero-order valence-corrected chi connectivity index (χ0v) is 16.2. The summed E-state index contributed by atoms with van der Waals surface area (Å²) in [5, 5.41) is 2.73. The van der Waals surface area contributed by atoms with Crippen molar-refractivity contribution in [2.75, 3.05) is 11.9 Å². The van der Waals surface area contributed by atoms with Crippen molar-refractivity contribution in [3.63, 3.8) is 0 Å². The van der Waals surface area contributed by atoms with Gasteiger partial charge in [-0.05, 0) is 37.8 Å². The largest absolute Gasteiger partial charge is 0.340 e. The molecule has 1 atom stereocenters. The number of piperidine rings is 1. The lowest BCUT2D eigenvalue weighted by atomic mass is 9.99. The van der Waals surface area contributed by atoms with Crippen LogP contribution in [0, 0.1) is 0 Å². The van der Waals surface area contributed by atoms with Gasteiger partial charge >= 0.3 is 5.69 Å². The number of pyridine rings is 1. The normalized spacial score (nSPS) is 17.3. The average Bonchev–Trinajstić information content (AvgIpc) is 2.90. The lowest BCUT2D eigenvalue weighted by Gasteiger charge is -2.35. The number of amides is 2. The number of rotatable bonds is 5. The van der Waals surface area contributed by atoms with Crippen LogP contribution < -0.4 is 11.0 Å². The van der Waals surface area contributed by atoms with Gasteiger partial charge < -0.3 is 10.2 Å². The summed E-state index contributed by atoms with van der Waals surface area (Å²) in [5.41, 5.74) is 1.04. The summed E-state index contributed by atoms with van der Waals surface area (Å²) in [6, 6.07) is 3.72. The number of carbonyl (C=O) groups excluding carboxylic acids is 2. The summed E-state index contributed by atoms with van der Waals surface area (Å²) in [5.74, 6) is 0.178. The van der Waals surface area contributed by atoms with E-state index in [1.165, 1.54) is 15.6 Å². The van der Waals surface area contributed by atoms with Gasteiger partial charge in [0, 0.05) is 39.5 Å². The summed E-state index contributed by atoms with van der Waals surface area (Å²) in [7, 11) is 3.32. The molecule has 0 radical (unpaired) electrons. The summed E-state index contributed by atoms with van der Waals surface area (Å²) < 4.78 is 2.95. The quantitative estimate of drug-likeness (QED) is 0.865. The Morgan fingerprint density at radius 3 is 2.70 bits per heavy atom. The summed E-state index contributed by atoms with van der Waals surface area (Å²) in [6.45, 7) is 2.89. The summed E-state index contributed by atoms with van der Waals surface area (Å²) >= 11 is 0. The van der Waals surface area contributed by atoms with Crippen molar-refractivity contribution in [2.45, 2.75) is 51.5 Å². The number of hydrogen-bond donors (Lipinski definition) is 1. The summed E-state index contributed by atoms with van der Waals surface area (Å²) in [4.78, 5) is 43.0. The van der Waals surface area contributed by atoms with Gasteiger partial charge in [-0.25, -0.2) is 9.78 Å². The van der Waals surface area contributed by atoms with Crippen LogP contribution >= 0.6 is 0 Å². The minimum atomic E-state index is -0.249. The van der Waals surface area contributed by atoms with Crippen LogP contribution in [-0.4, -0.2) is 43.4 Å². The molecule has 1 fully saturated rings. The van der Waals surface area contributed by atoms with E-state index in [9.17, 15) is 14.4 Å². The van der Waals surface area contributed by atoms with Crippen molar-refractivity contribution in [1.29, 1.82) is 0 Å². The van der Waals surface area contributed by atoms with Crippen LogP contribution in [0.2, 0.25) is 0 Å². The Morgan fingerprint density at radius 2 is 1.96 bits per heavy atom. The molecule has 1 aliphatic heterocycles. The van der Waals surface area contributed by atoms with Crippen molar-refractivity contribution >= 4 is 28.8 Å². The van der Waals surface area contributed by atoms with E-state index < -0.39 is 0 Å². The highest BCUT2D eigenvalue weighted by Crippen LogP contribution is 2.20. The van der Waals surface area contributed by atoms with Gasteiger partial charge in [-0.2, -0.15) is 0 Å². The molecule has 0 spiro atoms. The van der Waals surface area contributed by atoms with Crippen molar-refractivity contribution in [1.82, 2.24) is 19.0 Å². The summed E-state index contributed by atoms with van der Waals surface area (Å²) in [6.07, 6.45) is 4.53. The Labute approximate surface area is 158 Å². The van der Waals surface area contributed by atoms with Gasteiger partial charge in [-0.15, -0.1) is 0 Å². The van der Waals surface area contributed by atoms with Gasteiger partial charge in [0.2, 0.25) is 11.8 Å². The van der Waals surface area contributed by atoms with Crippen LogP contribution in [0.25, 0.3) is 11.2 Å². The average molecular weight is 373 g/mol. The number of nitrogens with one attached hydrogen (secondary N) is 1. The molecule has 0 aliphatic carbocycles. The minimum absolute atomic E-state index is 0.0468. The zero-order chi connectivity index (χ0) is 19.6. The Hall–Kier alpha value is -2.64. The van der Waals surface area contributed by atoms with Gasteiger partial charge in [0.05, 0.1) is 5.52 Å². The minimum Gasteiger partial charge on any atom is -0.340 e. The number of likely N-dealkylation sites (tertiary alicyclic amines) is 1. The molecule has 0 saturated carbocycles. The number of nitrogens with zero attached hydrogens (tertiary/aromatic N) is 4. The Kier molecular flexibility index (Phi) is 5.62. The molecule has 1 unspecified atom stereocenters. The molecule has 3 rings (SSSR count). The molecule has 8 nitrogen and oxygen atoms in total. The molecule has 8 heteroatoms. The predicted octanol–water partition coefficient (Wildman–Crippen LogP) is 1.78. The zero-order valence-electron chi connectivity index (χ0n) is 16.2. The third-order valence-corrected chi connectivity index (χ3v) is 5.36. The fourth-order valence-corrected chi connectivity index (χ4v) is 3.76. The second-order valence-electron chi connectivity index (χ2n) is 7.13. The number of anilines is 1. The van der Waals surface area contributed by atoms with Gasteiger partial charge in [-0.1, -0.05) is 6.92 Å². The van der Waals surface area contributed by atoms with Crippen molar-refractivity contribution in [3.8, 4) is 0 Å². The Bertz CT molecular complexity index is 914. The van der Waals surface area contributed by atoms with Crippen LogP contribution in [0.3, 0.4) is 0 Å². The van der Waals surface area contributed by atoms with Gasteiger partial charge in [0.15, 0.2) is 5.65 Å². The first-order valence-corrected chi connectivity index (χ1v) is 9.54. The molecule has 1 N–H and O–H groups in total. The van der Waals surface area contributed by atoms with E-state index in [1.807, 2.05) is 4.90 Å². The fraction of sp³-hybridized carbons (Fsp3) is 0.579. The number of carbonyl (C=O) groups is 2. The number of hydrogen-bond acceptors (Lipinski definition) is 4. The Morgan fingerprint density at radius 1 is 1.19 bits per heavy atom. The fourth-order valence-electron chi connectivity index (χ4n) is 3.76. The lowest BCUT2D eigenvalue weighted by Crippen LogP contribution is -2.43. The van der Waals surface area contributed by atoms with Crippen molar-refractivity contribution < 1.29 is 9.59 Å². The molecule has 146 valence electrons. The van der Waals surface area contributed by atoms with Crippen LogP contribution in [0.15, 0.2) is 16.9 Å². The monoisotopic (exact) mass is 373 g/mol. The van der Waals surface area contributed by atoms with Crippen LogP contribution in [0.1, 0.15) is 45.4 Å². The first-order chi connectivity index (χ1) is 12.9. The first-order valence-electron chi connectivity index (χ1n) is 9.54. The van der Waals surface area contributed by atoms with Crippen molar-refractivity contribution in [3.05, 3.63) is 22.6 Å². The third kappa shape index (κ3) is 3.89. The maximum Gasteiger partial charge on any atom is 0.329 e. The molecule has 2 aromatic rings. The van der Waals surface area contributed by atoms with Gasteiger partial charge in [0.1, 0.15) is 5.82 Å². The number of aryl methyl sites for hydroxylation is 2. The molecular formula is C19H27N5O3. The maximum atomic E-state index is 12.5. The topological polar surface area (TPSA) is 89.2 Å². The van der Waals surface area contributed by atoms with Crippen LogP contribution in [0.5, 0.6) is 0 Å². The first kappa shape index (κ1) is 19.1. The molecule has 1 saturated heterocycles. The molecule has 3 heterocycles. The predicted molar refractivity (Wildman–Crippen MR) is 103 cm³/mol. The van der Waals surface area contributed by atoms with Gasteiger partial charge in [-0.3, -0.25) is 18.7 Å². The highest BCUT2D eigenvalue weighted by atomic mass is 16.2. The highest BCUT2D eigenvalue weighted by Gasteiger charge is 2.25. The number of imidazole rings is 1. The van der Waals surface area contributed by atoms with Gasteiger partial charge in [0.25, 0.3) is 0 Å².